The van der Waals surface area contributed by atoms with E-state index < -0.39 is 22.8 Å². The van der Waals surface area contributed by atoms with Gasteiger partial charge in [0.15, 0.2) is 11.6 Å². The van der Waals surface area contributed by atoms with Crippen molar-refractivity contribution in [2.24, 2.45) is 13.0 Å². The van der Waals surface area contributed by atoms with Crippen LogP contribution in [0.25, 0.3) is 0 Å². The van der Waals surface area contributed by atoms with Crippen LogP contribution in [0.5, 0.6) is 5.75 Å². The van der Waals surface area contributed by atoms with Crippen LogP contribution in [0.2, 0.25) is 0 Å². The monoisotopic (exact) mass is 488 g/mol. The van der Waals surface area contributed by atoms with Gasteiger partial charge in [-0.3, -0.25) is 0 Å². The Kier molecular flexibility index (Phi) is 6.87. The summed E-state index contributed by atoms with van der Waals surface area (Å²) in [6, 6.07) is 5.96. The number of rotatable bonds is 7. The minimum absolute atomic E-state index is 0.0171. The number of hydrogen-bond acceptors (Lipinski definition) is 6. The number of benzene rings is 1. The molecule has 3 heterocycles. The van der Waals surface area contributed by atoms with Crippen molar-refractivity contribution in [3.8, 4) is 5.75 Å². The summed E-state index contributed by atoms with van der Waals surface area (Å²) in [6.45, 7) is -0.293. The number of nitrogens with one attached hydrogen (secondary N) is 1. The summed E-state index contributed by atoms with van der Waals surface area (Å²) in [7, 11) is -2.09. The number of ether oxygens (including phenoxy) is 2. The van der Waals surface area contributed by atoms with Crippen molar-refractivity contribution in [1.29, 1.82) is 0 Å². The summed E-state index contributed by atoms with van der Waals surface area (Å²) in [5.74, 6) is -0.0395. The number of aromatic nitrogens is 2. The van der Waals surface area contributed by atoms with Gasteiger partial charge in [0.25, 0.3) is 10.0 Å². The lowest BCUT2D eigenvalue weighted by molar-refractivity contribution is -0.153. The van der Waals surface area contributed by atoms with E-state index in [0.717, 1.165) is 19.3 Å². The molecule has 1 aromatic carbocycles. The fourth-order valence-corrected chi connectivity index (χ4v) is 5.80. The van der Waals surface area contributed by atoms with Crippen molar-refractivity contribution in [3.05, 3.63) is 36.8 Å². The van der Waals surface area contributed by atoms with Crippen LogP contribution in [-0.4, -0.2) is 66.9 Å². The minimum atomic E-state index is -4.43. The lowest BCUT2D eigenvalue weighted by Gasteiger charge is -2.31. The molecular weight excluding hydrogens is 461 g/mol. The molecule has 0 radical (unpaired) electrons. The zero-order valence-electron chi connectivity index (χ0n) is 18.2. The molecular formula is C21H27F3N4O4S. The van der Waals surface area contributed by atoms with Crippen molar-refractivity contribution in [3.63, 3.8) is 0 Å². The molecule has 1 N–H and O–H groups in total. The third-order valence-corrected chi connectivity index (χ3v) is 7.62. The van der Waals surface area contributed by atoms with E-state index in [0.29, 0.717) is 12.3 Å². The second kappa shape index (κ2) is 9.51. The molecule has 0 amide bonds. The van der Waals surface area contributed by atoms with Gasteiger partial charge < -0.3 is 19.4 Å². The van der Waals surface area contributed by atoms with Crippen LogP contribution in [0.15, 0.2) is 41.8 Å². The highest BCUT2D eigenvalue weighted by molar-refractivity contribution is 7.89. The fourth-order valence-electron chi connectivity index (χ4n) is 4.33. The summed E-state index contributed by atoms with van der Waals surface area (Å²) in [4.78, 5) is 4.00. The molecule has 0 spiro atoms. The zero-order valence-corrected chi connectivity index (χ0v) is 19.0. The molecule has 4 rings (SSSR count). The molecule has 12 heteroatoms. The maximum Gasteiger partial charge on any atom is 0.422 e. The molecule has 2 aliphatic rings. The van der Waals surface area contributed by atoms with Crippen molar-refractivity contribution < 1.29 is 31.1 Å². The Morgan fingerprint density at radius 1 is 1.27 bits per heavy atom. The first kappa shape index (κ1) is 23.8. The lowest BCUT2D eigenvalue weighted by Crippen LogP contribution is -2.39. The van der Waals surface area contributed by atoms with Crippen molar-refractivity contribution in [2.45, 2.75) is 42.6 Å². The number of nitrogens with zero attached hydrogens (tertiary/aromatic N) is 3. The van der Waals surface area contributed by atoms with Crippen LogP contribution < -0.4 is 10.1 Å². The molecule has 2 fully saturated rings. The number of halogens is 3. The Hall–Kier alpha value is -2.31. The van der Waals surface area contributed by atoms with Crippen LogP contribution >= 0.6 is 0 Å². The van der Waals surface area contributed by atoms with Crippen molar-refractivity contribution >= 4 is 15.7 Å². The van der Waals surface area contributed by atoms with Crippen LogP contribution in [0.3, 0.4) is 0 Å². The topological polar surface area (TPSA) is 85.7 Å². The Labute approximate surface area is 190 Å². The van der Waals surface area contributed by atoms with E-state index in [-0.39, 0.29) is 41.9 Å². The first-order chi connectivity index (χ1) is 15.6. The molecule has 2 aromatic rings. The van der Waals surface area contributed by atoms with E-state index in [9.17, 15) is 21.6 Å². The van der Waals surface area contributed by atoms with E-state index in [1.807, 2.05) is 0 Å². The molecule has 33 heavy (non-hydrogen) atoms. The van der Waals surface area contributed by atoms with Gasteiger partial charge in [-0.2, -0.15) is 17.5 Å². The van der Waals surface area contributed by atoms with Gasteiger partial charge in [-0.15, -0.1) is 0 Å². The van der Waals surface area contributed by atoms with Gasteiger partial charge >= 0.3 is 6.18 Å². The summed E-state index contributed by atoms with van der Waals surface area (Å²) >= 11 is 0. The molecule has 1 unspecified atom stereocenters. The molecule has 2 saturated heterocycles. The zero-order chi connectivity index (χ0) is 23.6. The van der Waals surface area contributed by atoms with E-state index in [1.54, 1.807) is 23.7 Å². The molecule has 8 nitrogen and oxygen atoms in total. The Bertz CT molecular complexity index is 1050. The number of alkyl halides is 3. The van der Waals surface area contributed by atoms with Gasteiger partial charge in [0.1, 0.15) is 5.75 Å². The highest BCUT2D eigenvalue weighted by atomic mass is 32.2. The van der Waals surface area contributed by atoms with Crippen LogP contribution in [0.4, 0.5) is 18.9 Å². The van der Waals surface area contributed by atoms with Crippen LogP contribution in [0.1, 0.15) is 19.3 Å². The van der Waals surface area contributed by atoms with E-state index >= 15 is 0 Å². The number of hydrogen-bond donors (Lipinski definition) is 1. The minimum Gasteiger partial charge on any atom is -0.484 e. The quantitative estimate of drug-likeness (QED) is 0.645. The average molecular weight is 489 g/mol. The third-order valence-electron chi connectivity index (χ3n) is 5.90. The molecule has 1 aromatic heterocycles. The fraction of sp³-hybridized carbons (Fsp3) is 0.571. The lowest BCUT2D eigenvalue weighted by atomic mass is 9.91. The molecule has 0 aliphatic carbocycles. The van der Waals surface area contributed by atoms with E-state index in [2.05, 4.69) is 10.3 Å². The molecule has 3 atom stereocenters. The molecule has 182 valence electrons. The summed E-state index contributed by atoms with van der Waals surface area (Å²) in [5.41, 5.74) is 0.553. The standard InChI is InChI=1S/C21H27F3N4O4S/c1-27-12-20(25-14-27)33(29,30)28-10-17(19-7-2-3-8-31-19)18(11-28)26-15-5-4-6-16(9-15)32-13-21(22,23)24/h4-6,9,12,14,17-19,26H,2-3,7-8,10-11,13H2,1H3/t17-,18-,19?/m0/s1. The highest BCUT2D eigenvalue weighted by Gasteiger charge is 2.44. The Balaban J connectivity index is 1.53. The molecule has 0 saturated carbocycles. The van der Waals surface area contributed by atoms with E-state index in [1.165, 1.54) is 29.0 Å². The number of imidazole rings is 1. The molecule has 2 aliphatic heterocycles. The van der Waals surface area contributed by atoms with Gasteiger partial charge in [-0.25, -0.2) is 13.4 Å². The third kappa shape index (κ3) is 5.79. The smallest absolute Gasteiger partial charge is 0.422 e. The molecule has 0 bridgehead atoms. The normalized spacial score (nSPS) is 24.7. The highest BCUT2D eigenvalue weighted by Crippen LogP contribution is 2.33. The first-order valence-electron chi connectivity index (χ1n) is 10.8. The van der Waals surface area contributed by atoms with Crippen molar-refractivity contribution in [1.82, 2.24) is 13.9 Å². The van der Waals surface area contributed by atoms with Crippen molar-refractivity contribution in [2.75, 3.05) is 31.6 Å². The maximum atomic E-state index is 13.2. The summed E-state index contributed by atoms with van der Waals surface area (Å²) < 4.78 is 77.6. The largest absolute Gasteiger partial charge is 0.484 e. The predicted molar refractivity (Wildman–Crippen MR) is 114 cm³/mol. The summed E-state index contributed by atoms with van der Waals surface area (Å²) in [5, 5.41) is 3.29. The van der Waals surface area contributed by atoms with E-state index in [4.69, 9.17) is 9.47 Å². The predicted octanol–water partition coefficient (Wildman–Crippen LogP) is 3.03. The average Bonchev–Trinajstić information content (AvgIpc) is 3.40. The SMILES string of the molecule is Cn1cnc(S(=O)(=O)N2C[C@H](Nc3cccc(OCC(F)(F)F)c3)[C@@H](C3CCCCO3)C2)c1. The maximum absolute atomic E-state index is 13.2. The Morgan fingerprint density at radius 3 is 2.76 bits per heavy atom. The van der Waals surface area contributed by atoms with Gasteiger partial charge in [-0.05, 0) is 31.4 Å². The van der Waals surface area contributed by atoms with Gasteiger partial charge in [-0.1, -0.05) is 6.07 Å². The summed E-state index contributed by atoms with van der Waals surface area (Å²) in [6.07, 6.45) is 1.16. The number of anilines is 1. The van der Waals surface area contributed by atoms with Gasteiger partial charge in [0, 0.05) is 56.7 Å². The number of sulfonamides is 1. The number of aryl methyl sites for hydroxylation is 1. The van der Waals surface area contributed by atoms with Crippen LogP contribution in [-0.2, 0) is 21.8 Å². The van der Waals surface area contributed by atoms with Gasteiger partial charge in [0.2, 0.25) is 0 Å². The van der Waals surface area contributed by atoms with Crippen LogP contribution in [0, 0.1) is 5.92 Å². The first-order valence-corrected chi connectivity index (χ1v) is 12.2. The van der Waals surface area contributed by atoms with Gasteiger partial charge in [0.05, 0.1) is 12.4 Å². The second-order valence-electron chi connectivity index (χ2n) is 8.45. The second-order valence-corrected chi connectivity index (χ2v) is 10.3. The Morgan fingerprint density at radius 2 is 2.09 bits per heavy atom.